The van der Waals surface area contributed by atoms with E-state index >= 15 is 0 Å². The second kappa shape index (κ2) is 40.8. The lowest BCUT2D eigenvalue weighted by Gasteiger charge is -2.09. The SMILES string of the molecule is O=S(=O)(Cc1c(F)cccc1Cl)c1cc2[nH]c(-c3ccccn3)nc2cc1Cl.O=S(=O)(Cc1c(F)cccc1Cl)c1ccc2nc(-c3ccccn3)[nH]c2c1.O=S(=O)(Cc1ccc(Cl)cc1Cl)c1ccc2nc(-c3ccccn3)[nH]c2c1.O=S(=O)(Cc1ccc(Cl)cc1F)c1ccc2nc(-c3ccccn3)[nH]c2c1.O=S(=O)(Cc1cccc(Cl)c1F)c1ccc2nc(-c3ccccn3)[nH]c2c1. The van der Waals surface area contributed by atoms with Crippen LogP contribution in [0.3, 0.4) is 0 Å². The third-order valence-electron chi connectivity index (χ3n) is 20.5. The van der Waals surface area contributed by atoms with Gasteiger partial charge in [-0.1, -0.05) is 148 Å². The van der Waals surface area contributed by atoms with Gasteiger partial charge in [0.1, 0.15) is 51.7 Å². The summed E-state index contributed by atoms with van der Waals surface area (Å²) in [5.41, 5.74) is 9.48. The van der Waals surface area contributed by atoms with Crippen molar-refractivity contribution >= 4 is 186 Å². The zero-order valence-corrected chi connectivity index (χ0v) is 79.0. The Morgan fingerprint density at radius 2 is 0.559 bits per heavy atom. The summed E-state index contributed by atoms with van der Waals surface area (Å²) in [6.45, 7) is 0. The van der Waals surface area contributed by atoms with E-state index in [2.05, 4.69) is 74.8 Å². The summed E-state index contributed by atoms with van der Waals surface area (Å²) in [6, 6.07) is 69.7. The summed E-state index contributed by atoms with van der Waals surface area (Å²) < 4.78 is 184. The van der Waals surface area contributed by atoms with Crippen molar-refractivity contribution in [2.45, 2.75) is 53.2 Å². The van der Waals surface area contributed by atoms with Gasteiger partial charge in [-0.2, -0.15) is 0 Å². The fourth-order valence-corrected chi connectivity index (χ4v) is 22.9. The van der Waals surface area contributed by atoms with Gasteiger partial charge in [-0.3, -0.25) is 24.9 Å². The Bertz CT molecular complexity index is 8320. The average molecular weight is 2060 g/mol. The van der Waals surface area contributed by atoms with Crippen molar-refractivity contribution in [3.05, 3.63) is 384 Å². The van der Waals surface area contributed by atoms with E-state index in [1.54, 1.807) is 128 Å². The Labute approximate surface area is 808 Å². The van der Waals surface area contributed by atoms with Crippen LogP contribution in [-0.4, -0.2) is 117 Å². The number of aromatic amines is 5. The summed E-state index contributed by atoms with van der Waals surface area (Å²) in [7, 11) is -18.8. The van der Waals surface area contributed by atoms with Crippen molar-refractivity contribution in [2.75, 3.05) is 0 Å². The molecule has 0 fully saturated rings. The molecule has 0 aliphatic rings. The first-order valence-corrected chi connectivity index (χ1v) is 51.0. The molecule has 41 heteroatoms. The number of nitrogens with one attached hydrogen (secondary N) is 5. The maximum atomic E-state index is 14.1. The molecule has 25 nitrogen and oxygen atoms in total. The molecule has 10 heterocycles. The van der Waals surface area contributed by atoms with Crippen LogP contribution in [0.15, 0.2) is 322 Å². The fourth-order valence-electron chi connectivity index (χ4n) is 13.8. The molecule has 0 amide bonds. The van der Waals surface area contributed by atoms with Crippen LogP contribution in [0.4, 0.5) is 17.6 Å². The minimum absolute atomic E-state index is 0.000896. The first kappa shape index (κ1) is 95.9. The third kappa shape index (κ3) is 22.5. The molecule has 0 atom stereocenters. The van der Waals surface area contributed by atoms with Crippen LogP contribution in [0.2, 0.25) is 35.2 Å². The van der Waals surface area contributed by atoms with E-state index in [-0.39, 0.29) is 77.6 Å². The fraction of sp³-hybridized carbons (Fsp3) is 0.0526. The largest absolute Gasteiger partial charge is 0.337 e. The van der Waals surface area contributed by atoms with Gasteiger partial charge in [0, 0.05) is 78.4 Å². The highest BCUT2D eigenvalue weighted by molar-refractivity contribution is 7.92. The number of benzene rings is 10. The van der Waals surface area contributed by atoms with Crippen molar-refractivity contribution in [1.29, 1.82) is 0 Å². The third-order valence-corrected chi connectivity index (χ3v) is 31.1. The van der Waals surface area contributed by atoms with Crippen molar-refractivity contribution in [3.63, 3.8) is 0 Å². The van der Waals surface area contributed by atoms with E-state index in [0.717, 1.165) is 12.1 Å². The summed E-state index contributed by atoms with van der Waals surface area (Å²) in [4.78, 5) is 58.9. The number of nitrogens with zero attached hydrogens (tertiary/aromatic N) is 10. The van der Waals surface area contributed by atoms with E-state index in [1.807, 2.05) is 42.5 Å². The topological polar surface area (TPSA) is 379 Å². The van der Waals surface area contributed by atoms with E-state index in [9.17, 15) is 59.7 Å². The molecule has 0 saturated carbocycles. The number of imidazole rings is 5. The van der Waals surface area contributed by atoms with Crippen molar-refractivity contribution in [1.82, 2.24) is 74.8 Å². The van der Waals surface area contributed by atoms with Crippen LogP contribution in [0.25, 0.3) is 113 Å². The molecule has 0 saturated heterocycles. The minimum Gasteiger partial charge on any atom is -0.337 e. The highest BCUT2D eigenvalue weighted by Gasteiger charge is 2.28. The van der Waals surface area contributed by atoms with E-state index < -0.39 is 95.5 Å². The van der Waals surface area contributed by atoms with Gasteiger partial charge in [0.2, 0.25) is 0 Å². The number of H-pyrrole nitrogens is 5. The lowest BCUT2D eigenvalue weighted by Crippen LogP contribution is -2.08. The van der Waals surface area contributed by atoms with Gasteiger partial charge in [-0.15, -0.1) is 0 Å². The highest BCUT2D eigenvalue weighted by atomic mass is 35.5. The predicted molar refractivity (Wildman–Crippen MR) is 518 cm³/mol. The number of aromatic nitrogens is 15. The van der Waals surface area contributed by atoms with Crippen LogP contribution in [0.1, 0.15) is 27.8 Å². The van der Waals surface area contributed by atoms with Crippen LogP contribution in [-0.2, 0) is 78.0 Å². The van der Waals surface area contributed by atoms with Gasteiger partial charge in [0.15, 0.2) is 78.3 Å². The normalized spacial score (nSPS) is 11.8. The summed E-state index contributed by atoms with van der Waals surface area (Å²) in [5, 5.41) is 1.02. The number of hydrogen-bond acceptors (Lipinski definition) is 20. The summed E-state index contributed by atoms with van der Waals surface area (Å²) in [5.74, 6) is -2.28. The molecule has 136 heavy (non-hydrogen) atoms. The molecule has 0 bridgehead atoms. The molecule has 0 unspecified atom stereocenters. The first-order chi connectivity index (χ1) is 65.1. The van der Waals surface area contributed by atoms with Gasteiger partial charge >= 0.3 is 0 Å². The Balaban J connectivity index is 0.000000123. The van der Waals surface area contributed by atoms with Crippen molar-refractivity contribution in [3.8, 4) is 57.6 Å². The molecular formula is C95H64Cl7F4N15O10S5. The number of sulfone groups is 5. The lowest BCUT2D eigenvalue weighted by atomic mass is 10.2. The number of rotatable bonds is 20. The second-order valence-corrected chi connectivity index (χ2v) is 42.7. The van der Waals surface area contributed by atoms with Gasteiger partial charge < -0.3 is 24.9 Å². The number of fused-ring (bicyclic) bond motifs is 5. The minimum atomic E-state index is -3.96. The molecule has 5 N–H and O–H groups in total. The predicted octanol–water partition coefficient (Wildman–Crippen LogP) is 23.1. The Hall–Kier alpha value is -13.2. The highest BCUT2D eigenvalue weighted by Crippen LogP contribution is 2.37. The zero-order valence-electron chi connectivity index (χ0n) is 69.6. The number of halogens is 11. The maximum Gasteiger partial charge on any atom is 0.184 e. The quantitative estimate of drug-likeness (QED) is 0.0442. The van der Waals surface area contributed by atoms with Gasteiger partial charge in [-0.25, -0.2) is 84.6 Å². The first-order valence-electron chi connectivity index (χ1n) is 40.1. The maximum absolute atomic E-state index is 14.1. The Morgan fingerprint density at radius 3 is 0.912 bits per heavy atom. The molecule has 10 aromatic heterocycles. The van der Waals surface area contributed by atoms with E-state index in [0.29, 0.717) is 128 Å². The van der Waals surface area contributed by atoms with Crippen LogP contribution >= 0.6 is 81.2 Å². The van der Waals surface area contributed by atoms with Crippen LogP contribution in [0.5, 0.6) is 0 Å². The molecule has 0 spiro atoms. The molecule has 10 aromatic carbocycles. The van der Waals surface area contributed by atoms with E-state index in [4.69, 9.17) is 81.2 Å². The van der Waals surface area contributed by atoms with Gasteiger partial charge in [0.05, 0.1) is 118 Å². The number of pyridine rings is 5. The van der Waals surface area contributed by atoms with Crippen molar-refractivity contribution < 1.29 is 59.7 Å². The summed E-state index contributed by atoms with van der Waals surface area (Å²) in [6.07, 6.45) is 8.26. The molecule has 0 aliphatic heterocycles. The summed E-state index contributed by atoms with van der Waals surface area (Å²) >= 11 is 41.6. The second-order valence-electron chi connectivity index (χ2n) is 29.9. The van der Waals surface area contributed by atoms with Crippen LogP contribution < -0.4 is 0 Å². The molecule has 0 radical (unpaired) electrons. The average Bonchev–Trinajstić information content (AvgIpc) is 1.58. The van der Waals surface area contributed by atoms with E-state index in [1.165, 1.54) is 115 Å². The molecular weight excluding hydrogens is 2000 g/mol. The van der Waals surface area contributed by atoms with Crippen LogP contribution in [0, 0.1) is 23.3 Å². The Morgan fingerprint density at radius 1 is 0.243 bits per heavy atom. The number of hydrogen-bond donors (Lipinski definition) is 5. The van der Waals surface area contributed by atoms with Gasteiger partial charge in [-0.05, 0) is 206 Å². The van der Waals surface area contributed by atoms with Gasteiger partial charge in [0.25, 0.3) is 0 Å². The molecule has 20 aromatic rings. The molecule has 0 aliphatic carbocycles. The molecule has 686 valence electrons. The standard InChI is InChI=1S/C19H12Cl2FN3O2S.C19H13Cl2N3O2S.3C19H13ClFN3O2S/c20-12-4-3-5-14(22)11(12)10-28(26,27)18-9-17-16(8-13(18)21)24-19(25-17)15-6-1-2-7-23-15;20-13-5-4-12(15(21)9-13)11-27(25,26)14-6-7-16-18(10-14)24-19(23-16)17-3-1-2-8-22-17;20-14-4-3-5-15(21)13(14)11-27(25,26)12-7-8-16-18(10-12)24-19(23-16)17-6-1-2-9-22-17;20-14-5-3-4-12(18(14)21)11-27(25,26)13-7-8-15-17(10-13)24-19(23-15)16-6-1-2-9-22-16;20-13-5-4-12(15(21)9-13)11-27(25,26)14-6-7-16-18(10-14)24-19(23-16)17-3-1-2-8-22-17/h1-9H,10H2,(H,24,25);4*1-10H,11H2,(H,23,24). The van der Waals surface area contributed by atoms with Crippen molar-refractivity contribution in [2.24, 2.45) is 0 Å². The Kier molecular flexibility index (Phi) is 28.8. The molecule has 20 rings (SSSR count). The lowest BCUT2D eigenvalue weighted by molar-refractivity contribution is 0.586. The monoisotopic (exact) mass is 2060 g/mol. The zero-order chi connectivity index (χ0) is 96.0. The smallest absolute Gasteiger partial charge is 0.184 e.